The van der Waals surface area contributed by atoms with Crippen LogP contribution in [-0.4, -0.2) is 62.8 Å². The van der Waals surface area contributed by atoms with Crippen molar-refractivity contribution in [2.75, 3.05) is 66.6 Å². The predicted octanol–water partition coefficient (Wildman–Crippen LogP) is 4.04. The highest BCUT2D eigenvalue weighted by atomic mass is 35.5. The van der Waals surface area contributed by atoms with Gasteiger partial charge in [-0.25, -0.2) is 4.79 Å². The van der Waals surface area contributed by atoms with E-state index in [2.05, 4.69) is 4.90 Å². The van der Waals surface area contributed by atoms with Crippen molar-refractivity contribution in [3.05, 3.63) is 23.8 Å². The van der Waals surface area contributed by atoms with Crippen molar-refractivity contribution in [2.45, 2.75) is 0 Å². The van der Waals surface area contributed by atoms with Gasteiger partial charge in [-0.1, -0.05) is 0 Å². The first-order chi connectivity index (χ1) is 11.6. The van der Waals surface area contributed by atoms with E-state index in [4.69, 9.17) is 51.1 Å². The van der Waals surface area contributed by atoms with Crippen LogP contribution in [0.5, 0.6) is 0 Å². The first-order valence-corrected chi connectivity index (χ1v) is 9.72. The summed E-state index contributed by atoms with van der Waals surface area (Å²) in [5, 5.41) is 0. The second kappa shape index (κ2) is 11.9. The van der Waals surface area contributed by atoms with E-state index in [-0.39, 0.29) is 0 Å². The van der Waals surface area contributed by atoms with Crippen molar-refractivity contribution in [1.29, 1.82) is 0 Å². The molecule has 0 fully saturated rings. The van der Waals surface area contributed by atoms with Crippen molar-refractivity contribution in [3.63, 3.8) is 0 Å². The maximum atomic E-state index is 12.1. The Morgan fingerprint density at radius 1 is 0.917 bits per heavy atom. The lowest BCUT2D eigenvalue weighted by atomic mass is 10.1. The third kappa shape index (κ3) is 6.07. The molecule has 0 radical (unpaired) electrons. The number of hydrogen-bond donors (Lipinski definition) is 0. The van der Waals surface area contributed by atoms with Gasteiger partial charge in [0.2, 0.25) is 0 Å². The van der Waals surface area contributed by atoms with E-state index in [9.17, 15) is 4.79 Å². The fraction of sp³-hybridized carbons (Fsp3) is 0.562. The van der Waals surface area contributed by atoms with Crippen LogP contribution in [0.2, 0.25) is 0 Å². The van der Waals surface area contributed by atoms with Gasteiger partial charge in [-0.05, 0) is 18.2 Å². The third-order valence-corrected chi connectivity index (χ3v) is 4.19. The van der Waals surface area contributed by atoms with Crippen LogP contribution in [0.3, 0.4) is 0 Å². The first kappa shape index (κ1) is 21.5. The van der Waals surface area contributed by atoms with Gasteiger partial charge in [0.1, 0.15) is 0 Å². The van der Waals surface area contributed by atoms with Crippen LogP contribution < -0.4 is 9.80 Å². The van der Waals surface area contributed by atoms with Crippen molar-refractivity contribution in [1.82, 2.24) is 0 Å². The number of carbonyl (C=O) groups is 1. The molecule has 0 aromatic heterocycles. The van der Waals surface area contributed by atoms with Crippen LogP contribution in [0, 0.1) is 0 Å². The summed E-state index contributed by atoms with van der Waals surface area (Å²) in [6.07, 6.45) is 0. The summed E-state index contributed by atoms with van der Waals surface area (Å²) < 4.78 is 4.89. The summed E-state index contributed by atoms with van der Waals surface area (Å²) in [5.74, 6) is 1.42. The monoisotopic (exact) mass is 414 g/mol. The average molecular weight is 416 g/mol. The zero-order chi connectivity index (χ0) is 17.9. The number of methoxy groups -OCH3 is 1. The number of anilines is 2. The smallest absolute Gasteiger partial charge is 0.339 e. The second-order valence-electron chi connectivity index (χ2n) is 4.92. The Labute approximate surface area is 163 Å². The Morgan fingerprint density at radius 3 is 1.88 bits per heavy atom. The number of carbonyl (C=O) groups excluding carboxylic acids is 1. The van der Waals surface area contributed by atoms with E-state index in [0.717, 1.165) is 11.4 Å². The molecule has 0 aliphatic carbocycles. The van der Waals surface area contributed by atoms with Crippen LogP contribution >= 0.6 is 46.4 Å². The highest BCUT2D eigenvalue weighted by Crippen LogP contribution is 2.28. The summed E-state index contributed by atoms with van der Waals surface area (Å²) >= 11 is 23.6. The van der Waals surface area contributed by atoms with Gasteiger partial charge in [0.05, 0.1) is 18.4 Å². The van der Waals surface area contributed by atoms with Gasteiger partial charge >= 0.3 is 5.97 Å². The molecule has 0 saturated heterocycles. The predicted molar refractivity (Wildman–Crippen MR) is 105 cm³/mol. The van der Waals surface area contributed by atoms with E-state index in [1.807, 2.05) is 17.0 Å². The Morgan fingerprint density at radius 2 is 1.42 bits per heavy atom. The molecular formula is C16H22Cl4N2O2. The molecule has 0 aliphatic rings. The minimum Gasteiger partial charge on any atom is -0.465 e. The molecule has 136 valence electrons. The fourth-order valence-electron chi connectivity index (χ4n) is 2.39. The zero-order valence-electron chi connectivity index (χ0n) is 13.6. The lowest BCUT2D eigenvalue weighted by Crippen LogP contribution is -2.31. The minimum absolute atomic E-state index is 0.396. The summed E-state index contributed by atoms with van der Waals surface area (Å²) in [5.41, 5.74) is 2.16. The molecule has 0 aliphatic heterocycles. The SMILES string of the molecule is COC(=O)c1ccc(N(CCCl)CCCl)cc1N(CCCl)CCCl. The molecular weight excluding hydrogens is 394 g/mol. The van der Waals surface area contributed by atoms with Gasteiger partial charge in [-0.15, -0.1) is 46.4 Å². The molecule has 0 heterocycles. The molecule has 0 atom stereocenters. The minimum atomic E-state index is -0.396. The van der Waals surface area contributed by atoms with Crippen LogP contribution in [0.25, 0.3) is 0 Å². The molecule has 4 nitrogen and oxygen atoms in total. The summed E-state index contributed by atoms with van der Waals surface area (Å²) in [7, 11) is 1.36. The van der Waals surface area contributed by atoms with Gasteiger partial charge in [0.15, 0.2) is 0 Å². The molecule has 0 saturated carbocycles. The highest BCUT2D eigenvalue weighted by molar-refractivity contribution is 6.19. The normalized spacial score (nSPS) is 10.5. The molecule has 0 amide bonds. The lowest BCUT2D eigenvalue weighted by molar-refractivity contribution is 0.0601. The Balaban J connectivity index is 3.31. The lowest BCUT2D eigenvalue weighted by Gasteiger charge is -2.28. The van der Waals surface area contributed by atoms with Gasteiger partial charge in [0, 0.05) is 55.4 Å². The third-order valence-electron chi connectivity index (χ3n) is 3.51. The topological polar surface area (TPSA) is 32.8 Å². The van der Waals surface area contributed by atoms with E-state index in [1.165, 1.54) is 7.11 Å². The quantitative estimate of drug-likeness (QED) is 0.403. The summed E-state index contributed by atoms with van der Waals surface area (Å²) in [6.45, 7) is 2.48. The maximum absolute atomic E-state index is 12.1. The maximum Gasteiger partial charge on any atom is 0.339 e. The average Bonchev–Trinajstić information content (AvgIpc) is 2.60. The molecule has 0 unspecified atom stereocenters. The highest BCUT2D eigenvalue weighted by Gasteiger charge is 2.19. The fourth-order valence-corrected chi connectivity index (χ4v) is 3.21. The van der Waals surface area contributed by atoms with Gasteiger partial charge in [0.25, 0.3) is 0 Å². The van der Waals surface area contributed by atoms with Gasteiger partial charge in [-0.2, -0.15) is 0 Å². The van der Waals surface area contributed by atoms with E-state index in [1.54, 1.807) is 6.07 Å². The number of esters is 1. The summed E-state index contributed by atoms with van der Waals surface area (Å²) in [6, 6.07) is 5.56. The zero-order valence-corrected chi connectivity index (χ0v) is 16.6. The molecule has 0 N–H and O–H groups in total. The molecule has 1 rings (SSSR count). The Bertz CT molecular complexity index is 505. The van der Waals surface area contributed by atoms with E-state index < -0.39 is 5.97 Å². The number of rotatable bonds is 11. The number of hydrogen-bond acceptors (Lipinski definition) is 4. The number of benzene rings is 1. The molecule has 8 heteroatoms. The van der Waals surface area contributed by atoms with Crippen molar-refractivity contribution in [2.24, 2.45) is 0 Å². The first-order valence-electron chi connectivity index (χ1n) is 7.59. The number of ether oxygens (including phenoxy) is 1. The second-order valence-corrected chi connectivity index (χ2v) is 6.43. The summed E-state index contributed by atoms with van der Waals surface area (Å²) in [4.78, 5) is 16.2. The molecule has 0 bridgehead atoms. The van der Waals surface area contributed by atoms with Crippen molar-refractivity contribution in [3.8, 4) is 0 Å². The number of alkyl halides is 4. The van der Waals surface area contributed by atoms with Crippen LogP contribution in [0.1, 0.15) is 10.4 Å². The van der Waals surface area contributed by atoms with E-state index in [0.29, 0.717) is 55.3 Å². The molecule has 1 aromatic carbocycles. The van der Waals surface area contributed by atoms with Crippen LogP contribution in [0.4, 0.5) is 11.4 Å². The largest absolute Gasteiger partial charge is 0.465 e. The molecule has 0 spiro atoms. The van der Waals surface area contributed by atoms with Crippen LogP contribution in [-0.2, 0) is 4.74 Å². The van der Waals surface area contributed by atoms with Crippen LogP contribution in [0.15, 0.2) is 18.2 Å². The Kier molecular flexibility index (Phi) is 10.7. The molecule has 1 aromatic rings. The number of nitrogens with zero attached hydrogens (tertiary/aromatic N) is 2. The van der Waals surface area contributed by atoms with Gasteiger partial charge in [-0.3, -0.25) is 0 Å². The molecule has 24 heavy (non-hydrogen) atoms. The van der Waals surface area contributed by atoms with Crippen molar-refractivity contribution >= 4 is 63.7 Å². The van der Waals surface area contributed by atoms with E-state index >= 15 is 0 Å². The van der Waals surface area contributed by atoms with Gasteiger partial charge < -0.3 is 14.5 Å². The number of halogens is 4. The van der Waals surface area contributed by atoms with Crippen molar-refractivity contribution < 1.29 is 9.53 Å². The Hall–Kier alpha value is -0.550. The standard InChI is InChI=1S/C16H22Cl4N2O2/c1-24-16(23)14-3-2-13(21(8-4-17)9-5-18)12-15(14)22(10-6-19)11-7-20/h2-3,12H,4-11H2,1H3.